The number of Topliss-reactive ketones (excluding diaryl/α,β-unsaturated/α-hetero) is 4. The number of ketones is 4. The molecule has 0 aromatic heterocycles. The third-order valence-electron chi connectivity index (χ3n) is 34.0. The summed E-state index contributed by atoms with van der Waals surface area (Å²) in [6, 6.07) is 49.6. The molecule has 11 aliphatic rings. The molecule has 9 aliphatic carbocycles. The maximum atomic E-state index is 13.1. The molecule has 2 aliphatic heterocycles. The fraction of sp³-hybridized carbons (Fsp3) is 0.550. The Kier molecular flexibility index (Phi) is 52.7. The van der Waals surface area contributed by atoms with Gasteiger partial charge in [0.15, 0.2) is 17.3 Å². The molecular formula is C120H141BrCl18N4O6-2. The van der Waals surface area contributed by atoms with Gasteiger partial charge in [-0.2, -0.15) is 10.5 Å². The zero-order valence-corrected chi connectivity index (χ0v) is 101. The molecule has 2 N–H and O–H groups in total. The number of hydrogen-bond donors (Lipinski definition) is 2. The predicted molar refractivity (Wildman–Crippen MR) is 622 cm³/mol. The normalized spacial score (nSPS) is 20.1. The van der Waals surface area contributed by atoms with Gasteiger partial charge in [0.2, 0.25) is 0 Å². The van der Waals surface area contributed by atoms with Crippen LogP contribution in [-0.2, 0) is 63.5 Å². The number of piperidine rings is 2. The number of rotatable bonds is 23. The van der Waals surface area contributed by atoms with Gasteiger partial charge in [0.1, 0.15) is 5.78 Å². The summed E-state index contributed by atoms with van der Waals surface area (Å²) in [6.45, 7) is 7.08. The number of benzene rings is 8. The Morgan fingerprint density at radius 1 is 0.309 bits per heavy atom. The minimum atomic E-state index is -0.349. The first-order chi connectivity index (χ1) is 70.5. The molecule has 0 bridgehead atoms. The van der Waals surface area contributed by atoms with E-state index in [1.165, 1.54) is 140 Å². The number of aliphatic hydroxyl groups is 2. The molecule has 149 heavy (non-hydrogen) atoms. The van der Waals surface area contributed by atoms with Crippen molar-refractivity contribution >= 4 is 225 Å². The van der Waals surface area contributed by atoms with E-state index < -0.39 is 0 Å². The number of alkyl halides is 1. The largest absolute Gasteiger partial charge is 1.00 e. The van der Waals surface area contributed by atoms with Crippen LogP contribution in [0.25, 0.3) is 0 Å². The van der Waals surface area contributed by atoms with Crippen LogP contribution in [0.5, 0.6) is 0 Å². The number of nitrogens with zero attached hydrogens (tertiary/aromatic N) is 4. The van der Waals surface area contributed by atoms with Crippen molar-refractivity contribution in [3.05, 3.63) is 270 Å². The molecule has 8 aromatic carbocycles. The van der Waals surface area contributed by atoms with E-state index in [0.29, 0.717) is 129 Å². The van der Waals surface area contributed by atoms with Gasteiger partial charge in [-0.05, 0) is 315 Å². The minimum Gasteiger partial charge on any atom is -1.00 e. The van der Waals surface area contributed by atoms with Crippen molar-refractivity contribution < 1.29 is 54.2 Å². The molecule has 19 rings (SSSR count). The molecule has 2 atom stereocenters. The summed E-state index contributed by atoms with van der Waals surface area (Å²) in [7, 11) is 0. The summed E-state index contributed by atoms with van der Waals surface area (Å²) >= 11 is 99.5. The van der Waals surface area contributed by atoms with Crippen molar-refractivity contribution in [2.24, 2.45) is 11.8 Å². The summed E-state index contributed by atoms with van der Waals surface area (Å²) in [5.74, 6) is 2.61. The lowest BCUT2D eigenvalue weighted by Gasteiger charge is -2.37. The molecular weight excluding hydrogens is 2310 g/mol. The highest BCUT2D eigenvalue weighted by Gasteiger charge is 2.49. The highest BCUT2D eigenvalue weighted by Crippen LogP contribution is 2.54. The average Bonchev–Trinajstić information content (AvgIpc) is 1.69. The Bertz CT molecular complexity index is 5570. The Hall–Kier alpha value is -3.04. The lowest BCUT2D eigenvalue weighted by atomic mass is 9.70. The van der Waals surface area contributed by atoms with E-state index in [2.05, 4.69) is 43.9 Å². The van der Waals surface area contributed by atoms with Crippen LogP contribution in [0.15, 0.2) is 146 Å². The summed E-state index contributed by atoms with van der Waals surface area (Å²) in [5.41, 5.74) is 6.53. The second-order valence-electron chi connectivity index (χ2n) is 42.9. The molecule has 0 amide bonds. The van der Waals surface area contributed by atoms with Gasteiger partial charge in [-0.25, -0.2) is 0 Å². The van der Waals surface area contributed by atoms with E-state index in [-0.39, 0.29) is 86.5 Å². The Morgan fingerprint density at radius 3 is 0.832 bits per heavy atom. The van der Waals surface area contributed by atoms with Gasteiger partial charge in [-0.3, -0.25) is 29.0 Å². The summed E-state index contributed by atoms with van der Waals surface area (Å²) in [4.78, 5) is 55.0. The van der Waals surface area contributed by atoms with E-state index in [4.69, 9.17) is 191 Å². The van der Waals surface area contributed by atoms with Gasteiger partial charge in [0.05, 0.1) is 157 Å². The third-order valence-corrected chi connectivity index (χ3v) is 40.4. The molecule has 0 radical (unpaired) electrons. The summed E-state index contributed by atoms with van der Waals surface area (Å²) in [6.07, 6.45) is 51.9. The smallest absolute Gasteiger partial charge is 0.157 e. The monoisotopic (exact) mass is 2440 g/mol. The SMILES string of the molecule is CC(=O)C1(c2ccc(Cl)c(Cl)c2)CCCC1.N#CC1(c2ccc(Cl)c(Cl)c2)CCCC1.N#CCc1ccc(Cl)c(Cl)c1.O=C(CBr)C1(c2ccc(Cl)c(Cl)c2)CCCC1.O=C(CN1CCCCC1)C1(c2ccc(Cl)c(Cl)c2)CCCC1.O=C(CN1CCCCC1)C1(c2ccc(Cl)c(Cl)c2)CCCC1.OC(CC1CCCCC1)C1(c2ccc(Cl)c(Cl)c2)CCCC1.OC(CC1CCCCC1)C1(c2ccc(Cl)c(Cl)c2)CCCC1.[Cl-].[Cl-]. The quantitative estimate of drug-likeness (QED) is 0.0590. The van der Waals surface area contributed by atoms with Crippen LogP contribution in [0.2, 0.25) is 80.4 Å². The van der Waals surface area contributed by atoms with Crippen LogP contribution in [0.4, 0.5) is 0 Å². The molecule has 812 valence electrons. The van der Waals surface area contributed by atoms with Crippen LogP contribution in [0.3, 0.4) is 0 Å². The fourth-order valence-corrected chi connectivity index (χ4v) is 28.3. The van der Waals surface area contributed by atoms with E-state index in [1.807, 2.05) is 103 Å². The molecule has 11 fully saturated rings. The molecule has 29 heteroatoms. The molecule has 2 saturated heterocycles. The first kappa shape index (κ1) is 128. The van der Waals surface area contributed by atoms with Crippen molar-refractivity contribution in [1.29, 1.82) is 10.5 Å². The second-order valence-corrected chi connectivity index (χ2v) is 50.0. The maximum absolute atomic E-state index is 13.1. The van der Waals surface area contributed by atoms with Gasteiger partial charge < -0.3 is 35.0 Å². The lowest BCUT2D eigenvalue weighted by molar-refractivity contribution is -0.126. The standard InChI is InChI=1S/2C19H26Cl2O.2C18H23Cl2NO.C13H13BrCl2O.C13H14Cl2O.C12H11Cl2N.C8H5Cl2N.2ClH/c2*20-16-9-8-15(13-17(16)21)19(10-4-5-11-19)18(22)12-14-6-2-1-3-7-14;2*19-15-7-6-14(12-16(15)20)18(8-2-3-9-18)17(22)13-21-10-4-1-5-11-21;14-8-12(17)13(5-1-2-6-13)9-3-4-10(15)11(16)7-9;1-9(16)13(6-2-3-7-13)10-4-5-11(14)12(15)8-10;13-10-4-3-9(7-11(10)14)12(8-15)5-1-2-6-12;9-7-2-1-6(3-4-11)5-8(7)10;;/h2*8-9,13-14,18,22H,1-7,10-12H2;2*6-7,12H,1-5,8-11,13H2;3-4,7H,1-2,5-6,8H2;4-5,8H,2-3,6-7H2,1H3;3-4,7H,1-2,5-6H2;1-2,5H,3H2;2*1H/p-2. The maximum Gasteiger partial charge on any atom is 0.157 e. The van der Waals surface area contributed by atoms with Gasteiger partial charge in [-0.1, -0.05) is 417 Å². The predicted octanol–water partition coefficient (Wildman–Crippen LogP) is 32.6. The Balaban J connectivity index is 0.000000175. The molecule has 0 spiro atoms. The molecule has 9 saturated carbocycles. The topological polar surface area (TPSA) is 163 Å². The van der Waals surface area contributed by atoms with E-state index in [0.717, 1.165) is 227 Å². The number of aliphatic hydroxyl groups excluding tert-OH is 2. The highest BCUT2D eigenvalue weighted by molar-refractivity contribution is 9.09. The fourth-order valence-electron chi connectivity index (χ4n) is 25.3. The van der Waals surface area contributed by atoms with E-state index >= 15 is 0 Å². The van der Waals surface area contributed by atoms with Crippen LogP contribution in [0.1, 0.15) is 347 Å². The molecule has 8 aromatic rings. The van der Waals surface area contributed by atoms with Gasteiger partial charge in [0.25, 0.3) is 0 Å². The van der Waals surface area contributed by atoms with E-state index in [9.17, 15) is 34.7 Å². The zero-order valence-electron chi connectivity index (χ0n) is 85.3. The number of carbonyl (C=O) groups is 4. The summed E-state index contributed by atoms with van der Waals surface area (Å²) < 4.78 is 0. The zero-order chi connectivity index (χ0) is 106. The van der Waals surface area contributed by atoms with Gasteiger partial charge in [0, 0.05) is 10.8 Å². The number of hydrogen-bond acceptors (Lipinski definition) is 10. The van der Waals surface area contributed by atoms with Crippen molar-refractivity contribution in [3.8, 4) is 12.1 Å². The third kappa shape index (κ3) is 33.4. The van der Waals surface area contributed by atoms with Crippen molar-refractivity contribution in [3.63, 3.8) is 0 Å². The van der Waals surface area contributed by atoms with Gasteiger partial charge >= 0.3 is 0 Å². The first-order valence-corrected chi connectivity index (χ1v) is 60.6. The molecule has 2 unspecified atom stereocenters. The summed E-state index contributed by atoms with van der Waals surface area (Å²) in [5, 5.41) is 49.1. The van der Waals surface area contributed by atoms with E-state index in [1.54, 1.807) is 43.3 Å². The minimum absolute atomic E-state index is 0. The number of halogens is 19. The lowest BCUT2D eigenvalue weighted by Crippen LogP contribution is -3.00. The number of nitriles is 2. The number of likely N-dealkylation sites (tertiary alicyclic amines) is 2. The Morgan fingerprint density at radius 2 is 0.550 bits per heavy atom. The van der Waals surface area contributed by atoms with Crippen LogP contribution in [0, 0.1) is 34.5 Å². The highest BCUT2D eigenvalue weighted by atomic mass is 79.9. The average molecular weight is 2450 g/mol. The van der Waals surface area contributed by atoms with Crippen LogP contribution in [-0.4, -0.2) is 100.0 Å². The first-order valence-electron chi connectivity index (χ1n) is 53.4. The van der Waals surface area contributed by atoms with Gasteiger partial charge in [-0.15, -0.1) is 0 Å². The van der Waals surface area contributed by atoms with Crippen molar-refractivity contribution in [2.75, 3.05) is 44.6 Å². The van der Waals surface area contributed by atoms with Crippen molar-refractivity contribution in [2.45, 2.75) is 359 Å². The Labute approximate surface area is 987 Å². The van der Waals surface area contributed by atoms with Crippen LogP contribution >= 0.6 is 202 Å². The number of carbonyl (C=O) groups excluding carboxylic acids is 4. The van der Waals surface area contributed by atoms with Crippen LogP contribution < -0.4 is 24.8 Å². The second kappa shape index (κ2) is 61.5. The molecule has 2 heterocycles. The van der Waals surface area contributed by atoms with Crippen molar-refractivity contribution in [1.82, 2.24) is 9.80 Å². The molecule has 10 nitrogen and oxygen atoms in total.